The number of amidine groups is 1. The molecule has 0 aromatic rings. The Hall–Kier alpha value is -0.860. The first-order chi connectivity index (χ1) is 5.90. The first kappa shape index (κ1) is 12.1. The number of hydrogen-bond acceptors (Lipinski definition) is 4. The third-order valence-corrected chi connectivity index (χ3v) is 2.81. The van der Waals surface area contributed by atoms with Crippen LogP contribution in [-0.2, 0) is 10.2 Å². The molecule has 0 unspecified atom stereocenters. The van der Waals surface area contributed by atoms with Gasteiger partial charge >= 0.3 is 0 Å². The lowest BCUT2D eigenvalue weighted by Crippen LogP contribution is -2.37. The van der Waals surface area contributed by atoms with Crippen LogP contribution < -0.4 is 10.5 Å². The highest BCUT2D eigenvalue weighted by Crippen LogP contribution is 1.88. The molecule has 0 heterocycles. The van der Waals surface area contributed by atoms with Gasteiger partial charge in [0.2, 0.25) is 0 Å². The summed E-state index contributed by atoms with van der Waals surface area (Å²) in [7, 11) is -0.594. The third-order valence-electron chi connectivity index (χ3n) is 1.27. The van der Waals surface area contributed by atoms with Crippen LogP contribution in [0.5, 0.6) is 0 Å². The fourth-order valence-electron chi connectivity index (χ4n) is 0.487. The van der Waals surface area contributed by atoms with Crippen LogP contribution in [-0.4, -0.2) is 44.4 Å². The van der Waals surface area contributed by atoms with Crippen molar-refractivity contribution in [1.82, 2.24) is 9.03 Å². The van der Waals surface area contributed by atoms with Crippen LogP contribution in [0.15, 0.2) is 5.16 Å². The summed E-state index contributed by atoms with van der Waals surface area (Å²) in [6, 6.07) is 0. The lowest BCUT2D eigenvalue weighted by atomic mass is 10.4. The summed E-state index contributed by atoms with van der Waals surface area (Å²) in [4.78, 5) is 0. The van der Waals surface area contributed by atoms with Crippen molar-refractivity contribution < 1.29 is 13.6 Å². The summed E-state index contributed by atoms with van der Waals surface area (Å²) in [6.07, 6.45) is 0.170. The van der Waals surface area contributed by atoms with E-state index in [2.05, 4.69) is 9.88 Å². The van der Waals surface area contributed by atoms with Crippen LogP contribution in [0, 0.1) is 0 Å². The van der Waals surface area contributed by atoms with Gasteiger partial charge in [0.1, 0.15) is 5.84 Å². The second kappa shape index (κ2) is 5.00. The number of nitrogens with two attached hydrogens (primary N) is 1. The molecular formula is C5H14N4O3S. The van der Waals surface area contributed by atoms with E-state index in [1.54, 1.807) is 0 Å². The van der Waals surface area contributed by atoms with Gasteiger partial charge in [0, 0.05) is 27.1 Å². The van der Waals surface area contributed by atoms with Gasteiger partial charge in [-0.3, -0.25) is 0 Å². The van der Waals surface area contributed by atoms with E-state index in [-0.39, 0.29) is 18.8 Å². The van der Waals surface area contributed by atoms with E-state index in [9.17, 15) is 8.42 Å². The fraction of sp³-hybridized carbons (Fsp3) is 0.800. The van der Waals surface area contributed by atoms with E-state index in [4.69, 9.17) is 10.9 Å². The molecule has 0 amide bonds. The maximum absolute atomic E-state index is 11.1. The van der Waals surface area contributed by atoms with Crippen molar-refractivity contribution in [3.63, 3.8) is 0 Å². The van der Waals surface area contributed by atoms with Crippen molar-refractivity contribution in [3.05, 3.63) is 0 Å². The Kier molecular flexibility index (Phi) is 4.67. The van der Waals surface area contributed by atoms with Crippen LogP contribution in [0.2, 0.25) is 0 Å². The monoisotopic (exact) mass is 210 g/mol. The predicted molar refractivity (Wildman–Crippen MR) is 48.6 cm³/mol. The molecule has 0 aromatic carbocycles. The maximum atomic E-state index is 11.1. The Balaban J connectivity index is 3.92. The van der Waals surface area contributed by atoms with E-state index in [1.165, 1.54) is 14.1 Å². The second-order valence-corrected chi connectivity index (χ2v) is 4.49. The Labute approximate surface area is 77.4 Å². The van der Waals surface area contributed by atoms with Gasteiger partial charge in [-0.15, -0.1) is 0 Å². The zero-order chi connectivity index (χ0) is 10.5. The van der Waals surface area contributed by atoms with Gasteiger partial charge in [-0.1, -0.05) is 5.16 Å². The largest absolute Gasteiger partial charge is 0.409 e. The summed E-state index contributed by atoms with van der Waals surface area (Å²) in [5, 5.41) is 10.8. The number of rotatable bonds is 5. The second-order valence-electron chi connectivity index (χ2n) is 2.52. The molecule has 0 radical (unpaired) electrons. The van der Waals surface area contributed by atoms with Crippen LogP contribution in [0.25, 0.3) is 0 Å². The average Bonchev–Trinajstić information content (AvgIpc) is 2.03. The smallest absolute Gasteiger partial charge is 0.278 e. The molecule has 0 fully saturated rings. The van der Waals surface area contributed by atoms with Crippen LogP contribution in [0.4, 0.5) is 0 Å². The maximum Gasteiger partial charge on any atom is 0.278 e. The molecule has 0 saturated carbocycles. The summed E-state index contributed by atoms with van der Waals surface area (Å²) in [5.41, 5.74) is 5.13. The van der Waals surface area contributed by atoms with Gasteiger partial charge in [0.25, 0.3) is 10.2 Å². The van der Waals surface area contributed by atoms with E-state index in [0.717, 1.165) is 4.31 Å². The predicted octanol–water partition coefficient (Wildman–Crippen LogP) is -1.48. The molecule has 0 saturated heterocycles. The van der Waals surface area contributed by atoms with E-state index >= 15 is 0 Å². The summed E-state index contributed by atoms with van der Waals surface area (Å²) in [5.74, 6) is -0.0125. The van der Waals surface area contributed by atoms with Crippen molar-refractivity contribution >= 4 is 16.0 Å². The van der Waals surface area contributed by atoms with Crippen LogP contribution in [0.1, 0.15) is 6.42 Å². The summed E-state index contributed by atoms with van der Waals surface area (Å²) in [6.45, 7) is 0.108. The van der Waals surface area contributed by atoms with Gasteiger partial charge in [0.15, 0.2) is 0 Å². The molecule has 0 aliphatic carbocycles. The molecule has 0 bridgehead atoms. The molecular weight excluding hydrogens is 196 g/mol. The van der Waals surface area contributed by atoms with Crippen molar-refractivity contribution in [2.75, 3.05) is 20.6 Å². The first-order valence-corrected chi connectivity index (χ1v) is 4.97. The van der Waals surface area contributed by atoms with Gasteiger partial charge < -0.3 is 10.9 Å². The minimum Gasteiger partial charge on any atom is -0.409 e. The lowest BCUT2D eigenvalue weighted by molar-refractivity contribution is 0.317. The van der Waals surface area contributed by atoms with Crippen molar-refractivity contribution in [2.45, 2.75) is 6.42 Å². The highest BCUT2D eigenvalue weighted by atomic mass is 32.2. The molecule has 7 nitrogen and oxygen atoms in total. The Morgan fingerprint density at radius 1 is 1.62 bits per heavy atom. The van der Waals surface area contributed by atoms with E-state index in [1.807, 2.05) is 0 Å². The van der Waals surface area contributed by atoms with Gasteiger partial charge in [-0.2, -0.15) is 12.7 Å². The van der Waals surface area contributed by atoms with Gasteiger partial charge in [0.05, 0.1) is 0 Å². The third kappa shape index (κ3) is 4.65. The summed E-state index contributed by atoms with van der Waals surface area (Å²) < 4.78 is 25.4. The highest BCUT2D eigenvalue weighted by molar-refractivity contribution is 7.87. The molecule has 0 aliphatic heterocycles. The molecule has 0 aromatic heterocycles. The number of hydrogen-bond donors (Lipinski definition) is 3. The zero-order valence-electron chi connectivity index (χ0n) is 7.56. The molecule has 0 rings (SSSR count). The number of nitrogens with one attached hydrogen (secondary N) is 1. The lowest BCUT2D eigenvalue weighted by Gasteiger charge is -2.11. The van der Waals surface area contributed by atoms with Crippen molar-refractivity contribution in [2.24, 2.45) is 10.9 Å². The topological polar surface area (TPSA) is 108 Å². The highest BCUT2D eigenvalue weighted by Gasteiger charge is 2.11. The van der Waals surface area contributed by atoms with Gasteiger partial charge in [-0.25, -0.2) is 4.72 Å². The Morgan fingerprint density at radius 3 is 2.54 bits per heavy atom. The SMILES string of the molecule is CN(C)S(=O)(=O)NCCC(N)=NO. The van der Waals surface area contributed by atoms with Crippen molar-refractivity contribution in [3.8, 4) is 0 Å². The standard InChI is InChI=1S/C5H14N4O3S/c1-9(2)13(11,12)7-4-3-5(6)8-10/h7,10H,3-4H2,1-2H3,(H2,6,8). The first-order valence-electron chi connectivity index (χ1n) is 3.53. The van der Waals surface area contributed by atoms with Crippen molar-refractivity contribution in [1.29, 1.82) is 0 Å². The van der Waals surface area contributed by atoms with Crippen LogP contribution in [0.3, 0.4) is 0 Å². The average molecular weight is 210 g/mol. The molecule has 0 spiro atoms. The quantitative estimate of drug-likeness (QED) is 0.222. The normalized spacial score (nSPS) is 13.6. The molecule has 4 N–H and O–H groups in total. The molecule has 8 heteroatoms. The van der Waals surface area contributed by atoms with Gasteiger partial charge in [-0.05, 0) is 0 Å². The Morgan fingerprint density at radius 2 is 2.15 bits per heavy atom. The van der Waals surface area contributed by atoms with E-state index < -0.39 is 10.2 Å². The minimum absolute atomic E-state index is 0.0125. The molecule has 13 heavy (non-hydrogen) atoms. The Bertz CT molecular complexity index is 272. The fourth-order valence-corrected chi connectivity index (χ4v) is 1.11. The number of oxime groups is 1. The minimum atomic E-state index is -3.41. The summed E-state index contributed by atoms with van der Waals surface area (Å²) >= 11 is 0. The number of nitrogens with zero attached hydrogens (tertiary/aromatic N) is 2. The molecule has 0 atom stereocenters. The molecule has 78 valence electrons. The van der Waals surface area contributed by atoms with E-state index in [0.29, 0.717) is 0 Å². The zero-order valence-corrected chi connectivity index (χ0v) is 8.37. The molecule has 0 aliphatic rings. The van der Waals surface area contributed by atoms with Crippen LogP contribution >= 0.6 is 0 Å².